The summed E-state index contributed by atoms with van der Waals surface area (Å²) in [7, 11) is -3.84. The van der Waals surface area contributed by atoms with Crippen molar-refractivity contribution in [3.8, 4) is 11.8 Å². The van der Waals surface area contributed by atoms with Crippen LogP contribution in [-0.2, 0) is 14.8 Å². The third kappa shape index (κ3) is 4.12. The number of sulfonamides is 1. The number of carbonyl (C=O) groups is 1. The van der Waals surface area contributed by atoms with Crippen LogP contribution in [-0.4, -0.2) is 24.2 Å². The lowest BCUT2D eigenvalue weighted by molar-refractivity contribution is -0.149. The van der Waals surface area contributed by atoms with Crippen molar-refractivity contribution in [2.75, 3.05) is 0 Å². The number of nitrogens with zero attached hydrogens (tertiary/aromatic N) is 1. The van der Waals surface area contributed by atoms with Crippen molar-refractivity contribution in [2.45, 2.75) is 76.7 Å². The van der Waals surface area contributed by atoms with E-state index in [9.17, 15) is 13.2 Å². The van der Waals surface area contributed by atoms with E-state index in [1.165, 1.54) is 19.3 Å². The molecule has 1 unspecified atom stereocenters. The fourth-order valence-electron chi connectivity index (χ4n) is 3.23. The predicted octanol–water partition coefficient (Wildman–Crippen LogP) is 4.28. The largest absolute Gasteiger partial charge is 0.272 e. The Kier molecular flexibility index (Phi) is 6.52. The highest BCUT2D eigenvalue weighted by molar-refractivity contribution is 7.89. The summed E-state index contributed by atoms with van der Waals surface area (Å²) in [6.07, 6.45) is 6.61. The van der Waals surface area contributed by atoms with Crippen LogP contribution < -0.4 is 0 Å². The molecule has 1 atom stereocenters. The predicted molar refractivity (Wildman–Crippen MR) is 104 cm³/mol. The summed E-state index contributed by atoms with van der Waals surface area (Å²) >= 11 is 0. The fraction of sp³-hybridized carbons (Fsp3) is 0.571. The van der Waals surface area contributed by atoms with E-state index in [2.05, 4.69) is 18.8 Å². The number of amides is 1. The monoisotopic (exact) mass is 375 g/mol. The zero-order chi connectivity index (χ0) is 19.4. The van der Waals surface area contributed by atoms with Gasteiger partial charge in [-0.05, 0) is 39.3 Å². The van der Waals surface area contributed by atoms with Crippen LogP contribution in [0, 0.1) is 24.7 Å². The smallest absolute Gasteiger partial charge is 0.267 e. The van der Waals surface area contributed by atoms with Gasteiger partial charge in [0.15, 0.2) is 0 Å². The quantitative estimate of drug-likeness (QED) is 0.406. The number of carbonyl (C=O) groups excluding carboxylic acids is 1. The van der Waals surface area contributed by atoms with Crippen LogP contribution in [0.15, 0.2) is 29.2 Å². The molecule has 1 fully saturated rings. The standard InChI is InChI=1S/C21H29NO3S/c1-5-6-7-8-9-10-11-12-19-20(23)22(21(19,3)4)26(24,25)18-15-13-17(2)14-16-18/h13-16,19H,5-10H2,1-4H3. The van der Waals surface area contributed by atoms with Gasteiger partial charge in [-0.25, -0.2) is 12.7 Å². The van der Waals surface area contributed by atoms with Crippen LogP contribution >= 0.6 is 0 Å². The first-order valence-corrected chi connectivity index (χ1v) is 10.8. The minimum absolute atomic E-state index is 0.145. The molecule has 1 saturated heterocycles. The summed E-state index contributed by atoms with van der Waals surface area (Å²) in [5.41, 5.74) is 0.150. The summed E-state index contributed by atoms with van der Waals surface area (Å²) in [5, 5.41) is 0. The minimum atomic E-state index is -3.84. The van der Waals surface area contributed by atoms with Crippen molar-refractivity contribution in [3.05, 3.63) is 29.8 Å². The first-order chi connectivity index (χ1) is 12.2. The maximum atomic E-state index is 12.8. The molecule has 0 spiro atoms. The second-order valence-corrected chi connectivity index (χ2v) is 9.28. The molecule has 1 aliphatic heterocycles. The highest BCUT2D eigenvalue weighted by atomic mass is 32.2. The number of aryl methyl sites for hydroxylation is 1. The number of rotatable bonds is 7. The van der Waals surface area contributed by atoms with Gasteiger partial charge in [-0.2, -0.15) is 0 Å². The van der Waals surface area contributed by atoms with E-state index in [4.69, 9.17) is 0 Å². The molecule has 142 valence electrons. The molecular formula is C21H29NO3S. The van der Waals surface area contributed by atoms with Crippen molar-refractivity contribution >= 4 is 15.9 Å². The van der Waals surface area contributed by atoms with Crippen LogP contribution in [0.3, 0.4) is 0 Å². The number of benzene rings is 1. The molecule has 4 nitrogen and oxygen atoms in total. The Hall–Kier alpha value is -1.80. The zero-order valence-corrected chi connectivity index (χ0v) is 17.0. The minimum Gasteiger partial charge on any atom is -0.272 e. The van der Waals surface area contributed by atoms with Gasteiger partial charge in [0.1, 0.15) is 5.92 Å². The van der Waals surface area contributed by atoms with Crippen molar-refractivity contribution in [3.63, 3.8) is 0 Å². The summed E-state index contributed by atoms with van der Waals surface area (Å²) < 4.78 is 26.7. The van der Waals surface area contributed by atoms with Gasteiger partial charge >= 0.3 is 0 Å². The summed E-state index contributed by atoms with van der Waals surface area (Å²) in [6.45, 7) is 7.60. The third-order valence-electron chi connectivity index (χ3n) is 4.89. The van der Waals surface area contributed by atoms with Crippen molar-refractivity contribution < 1.29 is 13.2 Å². The zero-order valence-electron chi connectivity index (χ0n) is 16.2. The van der Waals surface area contributed by atoms with E-state index in [1.807, 2.05) is 6.92 Å². The van der Waals surface area contributed by atoms with E-state index < -0.39 is 27.4 Å². The first kappa shape index (κ1) is 20.5. The van der Waals surface area contributed by atoms with Gasteiger partial charge in [0.05, 0.1) is 10.4 Å². The molecule has 0 aliphatic carbocycles. The average Bonchev–Trinajstić information content (AvgIpc) is 2.57. The van der Waals surface area contributed by atoms with E-state index in [-0.39, 0.29) is 4.90 Å². The highest BCUT2D eigenvalue weighted by Gasteiger charge is 2.59. The SMILES string of the molecule is CCCCCCCC#CC1C(=O)N(S(=O)(=O)c2ccc(C)cc2)C1(C)C. The van der Waals surface area contributed by atoms with E-state index in [1.54, 1.807) is 38.1 Å². The Morgan fingerprint density at radius 3 is 2.27 bits per heavy atom. The molecule has 2 rings (SSSR count). The van der Waals surface area contributed by atoms with Gasteiger partial charge < -0.3 is 0 Å². The number of hydrogen-bond acceptors (Lipinski definition) is 3. The Morgan fingerprint density at radius 2 is 1.69 bits per heavy atom. The molecule has 1 aromatic carbocycles. The summed E-state index contributed by atoms with van der Waals surface area (Å²) in [5.74, 6) is 5.11. The normalized spacial score (nSPS) is 18.8. The average molecular weight is 376 g/mol. The Bertz CT molecular complexity index is 798. The summed E-state index contributed by atoms with van der Waals surface area (Å²) in [6, 6.07) is 6.56. The molecule has 0 N–H and O–H groups in total. The van der Waals surface area contributed by atoms with Crippen LogP contribution in [0.25, 0.3) is 0 Å². The maximum absolute atomic E-state index is 12.8. The topological polar surface area (TPSA) is 54.5 Å². The molecule has 0 bridgehead atoms. The van der Waals surface area contributed by atoms with E-state index in [0.717, 1.165) is 29.1 Å². The fourth-order valence-corrected chi connectivity index (χ4v) is 4.99. The van der Waals surface area contributed by atoms with Gasteiger partial charge in [0.2, 0.25) is 0 Å². The van der Waals surface area contributed by atoms with Crippen LogP contribution in [0.5, 0.6) is 0 Å². The molecule has 5 heteroatoms. The Morgan fingerprint density at radius 1 is 1.08 bits per heavy atom. The Labute approximate surface area is 158 Å². The second-order valence-electron chi connectivity index (χ2n) is 7.49. The van der Waals surface area contributed by atoms with E-state index >= 15 is 0 Å². The number of β-lactam (4-membered cyclic amide) rings is 1. The molecule has 1 aliphatic rings. The highest BCUT2D eigenvalue weighted by Crippen LogP contribution is 2.41. The summed E-state index contributed by atoms with van der Waals surface area (Å²) in [4.78, 5) is 12.7. The van der Waals surface area contributed by atoms with Gasteiger partial charge in [-0.15, -0.1) is 5.92 Å². The molecular weight excluding hydrogens is 346 g/mol. The van der Waals surface area contributed by atoms with Crippen LogP contribution in [0.4, 0.5) is 0 Å². The van der Waals surface area contributed by atoms with Crippen molar-refractivity contribution in [1.82, 2.24) is 4.31 Å². The Balaban J connectivity index is 2.04. The van der Waals surface area contributed by atoms with Gasteiger partial charge in [0, 0.05) is 6.42 Å². The molecule has 26 heavy (non-hydrogen) atoms. The molecule has 0 aromatic heterocycles. The lowest BCUT2D eigenvalue weighted by atomic mass is 9.79. The molecule has 0 radical (unpaired) electrons. The molecule has 1 aromatic rings. The number of unbranched alkanes of at least 4 members (excludes halogenated alkanes) is 5. The molecule has 0 saturated carbocycles. The molecule has 1 heterocycles. The van der Waals surface area contributed by atoms with Crippen LogP contribution in [0.2, 0.25) is 0 Å². The van der Waals surface area contributed by atoms with Gasteiger partial charge in [-0.1, -0.05) is 56.2 Å². The maximum Gasteiger partial charge on any atom is 0.267 e. The second kappa shape index (κ2) is 8.26. The van der Waals surface area contributed by atoms with Crippen molar-refractivity contribution in [1.29, 1.82) is 0 Å². The molecule has 1 amide bonds. The van der Waals surface area contributed by atoms with Gasteiger partial charge in [-0.3, -0.25) is 4.79 Å². The van der Waals surface area contributed by atoms with Crippen LogP contribution in [0.1, 0.15) is 64.9 Å². The lowest BCUT2D eigenvalue weighted by Crippen LogP contribution is -2.69. The number of hydrogen-bond donors (Lipinski definition) is 0. The lowest BCUT2D eigenvalue weighted by Gasteiger charge is -2.50. The van der Waals surface area contributed by atoms with Gasteiger partial charge in [0.25, 0.3) is 15.9 Å². The van der Waals surface area contributed by atoms with E-state index in [0.29, 0.717) is 0 Å². The first-order valence-electron chi connectivity index (χ1n) is 9.37. The third-order valence-corrected chi connectivity index (χ3v) is 6.89. The van der Waals surface area contributed by atoms with Crippen molar-refractivity contribution in [2.24, 2.45) is 5.92 Å².